The number of carbonyl (C=O) groups is 2. The lowest BCUT2D eigenvalue weighted by molar-refractivity contribution is -0.132. The molecule has 10 nitrogen and oxygen atoms in total. The lowest BCUT2D eigenvalue weighted by Crippen LogP contribution is -2.50. The molecule has 0 unspecified atom stereocenters. The van der Waals surface area contributed by atoms with E-state index in [2.05, 4.69) is 5.10 Å². The van der Waals surface area contributed by atoms with Crippen molar-refractivity contribution in [1.29, 1.82) is 0 Å². The maximum atomic E-state index is 12.8. The Bertz CT molecular complexity index is 994. The highest BCUT2D eigenvalue weighted by Crippen LogP contribution is 2.21. The topological polar surface area (TPSA) is 122 Å². The molecule has 0 spiro atoms. The first kappa shape index (κ1) is 21.8. The first-order valence-corrected chi connectivity index (χ1v) is 11.0. The maximum Gasteiger partial charge on any atom is 0.356 e. The third-order valence-corrected chi connectivity index (χ3v) is 6.69. The van der Waals surface area contributed by atoms with Gasteiger partial charge in [-0.05, 0) is 37.3 Å². The minimum absolute atomic E-state index is 0.0736. The zero-order valence-corrected chi connectivity index (χ0v) is 17.4. The van der Waals surface area contributed by atoms with Gasteiger partial charge in [-0.15, -0.1) is 0 Å². The van der Waals surface area contributed by atoms with Gasteiger partial charge in [-0.2, -0.15) is 9.40 Å². The summed E-state index contributed by atoms with van der Waals surface area (Å²) in [6.07, 6.45) is 1.67. The second kappa shape index (κ2) is 9.26. The molecule has 11 heteroatoms. The van der Waals surface area contributed by atoms with E-state index in [4.69, 9.17) is 9.84 Å². The Kier molecular flexibility index (Phi) is 6.73. The number of aryl methyl sites for hydroxylation is 1. The molecule has 1 aliphatic rings. The molecular weight excluding hydrogens is 412 g/mol. The predicted molar refractivity (Wildman–Crippen MR) is 107 cm³/mol. The molecule has 1 aromatic heterocycles. The molecule has 0 atom stereocenters. The van der Waals surface area contributed by atoms with E-state index in [0.29, 0.717) is 25.4 Å². The fraction of sp³-hybridized carbons (Fsp3) is 0.421. The number of carboxylic acid groups (broad SMARTS) is 1. The van der Waals surface area contributed by atoms with Gasteiger partial charge in [0.2, 0.25) is 15.9 Å². The van der Waals surface area contributed by atoms with E-state index in [1.807, 2.05) is 6.92 Å². The molecule has 3 rings (SSSR count). The number of carbonyl (C=O) groups excluding carboxylic acids is 1. The summed E-state index contributed by atoms with van der Waals surface area (Å²) in [5, 5.41) is 12.8. The van der Waals surface area contributed by atoms with E-state index in [1.165, 1.54) is 33.4 Å². The zero-order chi connectivity index (χ0) is 21.7. The van der Waals surface area contributed by atoms with Gasteiger partial charge in [-0.25, -0.2) is 13.2 Å². The average molecular weight is 436 g/mol. The standard InChI is InChI=1S/C19H24N4O6S/c1-2-29-15-3-5-16(6-4-15)30(27,28)23-13-11-21(12-14-23)18(24)8-10-22-9-7-17(20-22)19(25)26/h3-7,9H,2,8,10-14H2,1H3,(H,25,26). The Labute approximate surface area is 174 Å². The number of rotatable bonds is 8. The number of amides is 1. The first-order chi connectivity index (χ1) is 14.3. The highest BCUT2D eigenvalue weighted by Gasteiger charge is 2.30. The van der Waals surface area contributed by atoms with E-state index in [0.717, 1.165) is 0 Å². The van der Waals surface area contributed by atoms with E-state index in [-0.39, 0.29) is 42.6 Å². The van der Waals surface area contributed by atoms with Crippen molar-refractivity contribution >= 4 is 21.9 Å². The van der Waals surface area contributed by atoms with Gasteiger partial charge in [0.05, 0.1) is 11.5 Å². The summed E-state index contributed by atoms with van der Waals surface area (Å²) in [5.74, 6) is -0.634. The van der Waals surface area contributed by atoms with Gasteiger partial charge in [0.1, 0.15) is 5.75 Å². The molecule has 0 radical (unpaired) electrons. The second-order valence-corrected chi connectivity index (χ2v) is 8.65. The van der Waals surface area contributed by atoms with E-state index in [9.17, 15) is 18.0 Å². The van der Waals surface area contributed by atoms with Crippen LogP contribution in [0, 0.1) is 0 Å². The molecule has 0 aliphatic carbocycles. The highest BCUT2D eigenvalue weighted by atomic mass is 32.2. The molecule has 162 valence electrons. The summed E-state index contributed by atoms with van der Waals surface area (Å²) >= 11 is 0. The number of hydrogen-bond donors (Lipinski definition) is 1. The van der Waals surface area contributed by atoms with Crippen LogP contribution in [0.5, 0.6) is 5.75 Å². The Morgan fingerprint density at radius 3 is 2.33 bits per heavy atom. The number of benzene rings is 1. The molecule has 0 bridgehead atoms. The van der Waals surface area contributed by atoms with E-state index >= 15 is 0 Å². The molecule has 2 heterocycles. The number of carboxylic acids is 1. The van der Waals surface area contributed by atoms with Crippen LogP contribution in [0.2, 0.25) is 0 Å². The average Bonchev–Trinajstić information content (AvgIpc) is 3.22. The summed E-state index contributed by atoms with van der Waals surface area (Å²) in [7, 11) is -3.63. The number of sulfonamides is 1. The van der Waals surface area contributed by atoms with Crippen LogP contribution in [0.4, 0.5) is 0 Å². The van der Waals surface area contributed by atoms with Crippen LogP contribution in [0.15, 0.2) is 41.4 Å². The van der Waals surface area contributed by atoms with Gasteiger partial charge in [0.25, 0.3) is 0 Å². The number of piperazine rings is 1. The van der Waals surface area contributed by atoms with Gasteiger partial charge < -0.3 is 14.7 Å². The van der Waals surface area contributed by atoms with Crippen molar-refractivity contribution < 1.29 is 27.9 Å². The molecular formula is C19H24N4O6S. The van der Waals surface area contributed by atoms with Crippen LogP contribution in [-0.4, -0.2) is 77.2 Å². The Morgan fingerprint density at radius 1 is 1.10 bits per heavy atom. The molecule has 1 N–H and O–H groups in total. The number of ether oxygens (including phenoxy) is 1. The summed E-state index contributed by atoms with van der Waals surface area (Å²) in [6.45, 7) is 3.65. The summed E-state index contributed by atoms with van der Waals surface area (Å²) in [4.78, 5) is 25.1. The number of nitrogens with zero attached hydrogens (tertiary/aromatic N) is 4. The number of aromatic nitrogens is 2. The molecule has 0 saturated carbocycles. The minimum Gasteiger partial charge on any atom is -0.494 e. The molecule has 1 saturated heterocycles. The fourth-order valence-corrected chi connectivity index (χ4v) is 4.59. The molecule has 1 fully saturated rings. The van der Waals surface area contributed by atoms with Crippen LogP contribution in [0.3, 0.4) is 0 Å². The predicted octanol–water partition coefficient (Wildman–Crippen LogP) is 0.903. The second-order valence-electron chi connectivity index (χ2n) is 6.71. The van der Waals surface area contributed by atoms with Crippen molar-refractivity contribution in [3.63, 3.8) is 0 Å². The summed E-state index contributed by atoms with van der Waals surface area (Å²) < 4.78 is 33.8. The van der Waals surface area contributed by atoms with Crippen molar-refractivity contribution in [2.24, 2.45) is 0 Å². The Hall–Kier alpha value is -2.92. The molecule has 2 aromatic rings. The number of aromatic carboxylic acids is 1. The van der Waals surface area contributed by atoms with Crippen molar-refractivity contribution in [3.8, 4) is 5.75 Å². The van der Waals surface area contributed by atoms with Gasteiger partial charge in [0.15, 0.2) is 5.69 Å². The largest absolute Gasteiger partial charge is 0.494 e. The third-order valence-electron chi connectivity index (χ3n) is 4.78. The van der Waals surface area contributed by atoms with Gasteiger partial charge in [-0.3, -0.25) is 9.48 Å². The zero-order valence-electron chi connectivity index (χ0n) is 16.6. The van der Waals surface area contributed by atoms with Crippen molar-refractivity contribution in [2.45, 2.75) is 24.8 Å². The SMILES string of the molecule is CCOc1ccc(S(=O)(=O)N2CCN(C(=O)CCn3ccc(C(=O)O)n3)CC2)cc1. The molecule has 1 aliphatic heterocycles. The quantitative estimate of drug-likeness (QED) is 0.652. The first-order valence-electron chi connectivity index (χ1n) is 9.59. The van der Waals surface area contributed by atoms with Crippen LogP contribution in [0.1, 0.15) is 23.8 Å². The fourth-order valence-electron chi connectivity index (χ4n) is 3.17. The van der Waals surface area contributed by atoms with Gasteiger partial charge in [0, 0.05) is 45.3 Å². The molecule has 1 amide bonds. The van der Waals surface area contributed by atoms with E-state index in [1.54, 1.807) is 17.0 Å². The smallest absolute Gasteiger partial charge is 0.356 e. The van der Waals surface area contributed by atoms with Gasteiger partial charge in [-0.1, -0.05) is 0 Å². The third kappa shape index (κ3) is 4.97. The minimum atomic E-state index is -3.63. The lowest BCUT2D eigenvalue weighted by Gasteiger charge is -2.34. The van der Waals surface area contributed by atoms with Crippen LogP contribution >= 0.6 is 0 Å². The lowest BCUT2D eigenvalue weighted by atomic mass is 10.3. The van der Waals surface area contributed by atoms with Crippen LogP contribution < -0.4 is 4.74 Å². The highest BCUT2D eigenvalue weighted by molar-refractivity contribution is 7.89. The number of hydrogen-bond acceptors (Lipinski definition) is 6. The summed E-state index contributed by atoms with van der Waals surface area (Å²) in [5.41, 5.74) is -0.0736. The van der Waals surface area contributed by atoms with Crippen molar-refractivity contribution in [1.82, 2.24) is 19.0 Å². The van der Waals surface area contributed by atoms with Crippen molar-refractivity contribution in [3.05, 3.63) is 42.2 Å². The van der Waals surface area contributed by atoms with Crippen molar-refractivity contribution in [2.75, 3.05) is 32.8 Å². The van der Waals surface area contributed by atoms with Crippen LogP contribution in [-0.2, 0) is 21.4 Å². The normalized spacial score (nSPS) is 15.2. The summed E-state index contributed by atoms with van der Waals surface area (Å²) in [6, 6.07) is 7.67. The Morgan fingerprint density at radius 2 is 1.77 bits per heavy atom. The monoisotopic (exact) mass is 436 g/mol. The van der Waals surface area contributed by atoms with E-state index < -0.39 is 16.0 Å². The Balaban J connectivity index is 1.52. The molecule has 30 heavy (non-hydrogen) atoms. The maximum absolute atomic E-state index is 12.8. The van der Waals surface area contributed by atoms with Gasteiger partial charge >= 0.3 is 5.97 Å². The molecule has 1 aromatic carbocycles. The van der Waals surface area contributed by atoms with Crippen LogP contribution in [0.25, 0.3) is 0 Å².